The highest BCUT2D eigenvalue weighted by Crippen LogP contribution is 2.14. The Morgan fingerprint density at radius 2 is 2.07 bits per heavy atom. The number of rotatable bonds is 3. The summed E-state index contributed by atoms with van der Waals surface area (Å²) in [5.41, 5.74) is 1.26. The summed E-state index contributed by atoms with van der Waals surface area (Å²) in [5.74, 6) is 0.551. The van der Waals surface area contributed by atoms with Crippen molar-refractivity contribution in [3.63, 3.8) is 0 Å². The van der Waals surface area contributed by atoms with E-state index >= 15 is 0 Å². The zero-order chi connectivity index (χ0) is 10.7. The molecule has 0 bridgehead atoms. The normalized spacial score (nSPS) is 10.4. The average molecular weight is 195 g/mol. The van der Waals surface area contributed by atoms with E-state index in [1.165, 1.54) is 7.11 Å². The van der Waals surface area contributed by atoms with E-state index < -0.39 is 7.12 Å². The number of hydrogen-bond donors (Lipinski definition) is 2. The van der Waals surface area contributed by atoms with Crippen molar-refractivity contribution >= 4 is 12.6 Å². The lowest BCUT2D eigenvalue weighted by Crippen LogP contribution is -2.32. The second-order valence-corrected chi connectivity index (χ2v) is 3.40. The first kappa shape index (κ1) is 11.0. The van der Waals surface area contributed by atoms with Crippen molar-refractivity contribution in [1.82, 2.24) is 4.98 Å². The lowest BCUT2D eigenvalue weighted by Gasteiger charge is -2.10. The number of aromatic nitrogens is 1. The van der Waals surface area contributed by atoms with Crippen LogP contribution in [0.25, 0.3) is 0 Å². The molecular weight excluding hydrogens is 181 g/mol. The third-order valence-corrected chi connectivity index (χ3v) is 2.04. The molecule has 0 unspecified atom stereocenters. The van der Waals surface area contributed by atoms with Crippen LogP contribution < -0.4 is 10.2 Å². The van der Waals surface area contributed by atoms with Gasteiger partial charge in [0.15, 0.2) is 0 Å². The summed E-state index contributed by atoms with van der Waals surface area (Å²) in [4.78, 5) is 4.00. The van der Waals surface area contributed by atoms with E-state index in [-0.39, 0.29) is 5.88 Å². The molecule has 0 aliphatic rings. The molecule has 0 aliphatic heterocycles. The number of hydrogen-bond acceptors (Lipinski definition) is 4. The fourth-order valence-corrected chi connectivity index (χ4v) is 1.16. The van der Waals surface area contributed by atoms with E-state index in [1.54, 1.807) is 12.3 Å². The second kappa shape index (κ2) is 4.44. The van der Waals surface area contributed by atoms with Crippen LogP contribution in [0, 0.1) is 0 Å². The lowest BCUT2D eigenvalue weighted by atomic mass is 9.79. The maximum atomic E-state index is 9.08. The predicted octanol–water partition coefficient (Wildman–Crippen LogP) is -0.107. The Morgan fingerprint density at radius 1 is 1.43 bits per heavy atom. The second-order valence-electron chi connectivity index (χ2n) is 3.40. The van der Waals surface area contributed by atoms with Crippen LogP contribution in [0.2, 0.25) is 0 Å². The lowest BCUT2D eigenvalue weighted by molar-refractivity contribution is 0.390. The highest BCUT2D eigenvalue weighted by Gasteiger charge is 2.19. The number of pyridine rings is 1. The molecule has 1 heterocycles. The van der Waals surface area contributed by atoms with Crippen LogP contribution in [0.15, 0.2) is 12.3 Å². The van der Waals surface area contributed by atoms with Gasteiger partial charge in [0.2, 0.25) is 5.88 Å². The molecule has 0 radical (unpaired) electrons. The van der Waals surface area contributed by atoms with Gasteiger partial charge in [-0.2, -0.15) is 0 Å². The molecule has 2 N–H and O–H groups in total. The highest BCUT2D eigenvalue weighted by atomic mass is 16.5. The molecule has 4 nitrogen and oxygen atoms in total. The number of nitrogens with zero attached hydrogens (tertiary/aromatic N) is 1. The first-order valence-electron chi connectivity index (χ1n) is 4.46. The van der Waals surface area contributed by atoms with Crippen LogP contribution in [0.3, 0.4) is 0 Å². The van der Waals surface area contributed by atoms with Gasteiger partial charge in [-0.05, 0) is 11.5 Å². The van der Waals surface area contributed by atoms with Gasteiger partial charge in [0.05, 0.1) is 7.11 Å². The van der Waals surface area contributed by atoms with Crippen molar-refractivity contribution in [2.24, 2.45) is 0 Å². The van der Waals surface area contributed by atoms with Crippen molar-refractivity contribution in [2.45, 2.75) is 19.8 Å². The van der Waals surface area contributed by atoms with Gasteiger partial charge < -0.3 is 14.8 Å². The minimum absolute atomic E-state index is 0.254. The minimum atomic E-state index is -1.55. The molecule has 0 atom stereocenters. The highest BCUT2D eigenvalue weighted by molar-refractivity contribution is 6.59. The van der Waals surface area contributed by atoms with Crippen molar-refractivity contribution in [3.8, 4) is 5.88 Å². The molecule has 1 aromatic rings. The molecule has 0 saturated carbocycles. The van der Waals surface area contributed by atoms with E-state index in [0.29, 0.717) is 11.4 Å². The monoisotopic (exact) mass is 195 g/mol. The Hall–Kier alpha value is -1.07. The molecule has 1 rings (SSSR count). The van der Waals surface area contributed by atoms with Gasteiger partial charge in [0.25, 0.3) is 0 Å². The summed E-state index contributed by atoms with van der Waals surface area (Å²) in [6.07, 6.45) is 1.68. The summed E-state index contributed by atoms with van der Waals surface area (Å²) < 4.78 is 4.91. The Bertz CT molecular complexity index is 315. The Kier molecular flexibility index (Phi) is 3.49. The fraction of sp³-hybridized carbons (Fsp3) is 0.444. The van der Waals surface area contributed by atoms with E-state index in [4.69, 9.17) is 14.8 Å². The molecule has 1 aromatic heterocycles. The first-order valence-corrected chi connectivity index (χ1v) is 4.46. The summed E-state index contributed by atoms with van der Waals surface area (Å²) in [6.45, 7) is 4.02. The van der Waals surface area contributed by atoms with Crippen LogP contribution in [-0.2, 0) is 0 Å². The van der Waals surface area contributed by atoms with Crippen LogP contribution in [0.1, 0.15) is 25.3 Å². The maximum Gasteiger partial charge on any atom is 0.494 e. The van der Waals surface area contributed by atoms with Gasteiger partial charge in [0, 0.05) is 11.7 Å². The van der Waals surface area contributed by atoms with Gasteiger partial charge >= 0.3 is 7.12 Å². The van der Waals surface area contributed by atoms with Gasteiger partial charge in [-0.1, -0.05) is 19.9 Å². The first-order chi connectivity index (χ1) is 6.56. The molecule has 0 aliphatic carbocycles. The standard InChI is InChI=1S/C9H14BNO3/c1-6(2)7-4-8(10(12)13)9(14-3)11-5-7/h4-6,12-13H,1-3H3. The van der Waals surface area contributed by atoms with E-state index in [9.17, 15) is 0 Å². The molecule has 0 spiro atoms. The van der Waals surface area contributed by atoms with Crippen LogP contribution >= 0.6 is 0 Å². The Morgan fingerprint density at radius 3 is 2.50 bits per heavy atom. The largest absolute Gasteiger partial charge is 0.494 e. The molecule has 5 heteroatoms. The van der Waals surface area contributed by atoms with E-state index in [0.717, 1.165) is 5.56 Å². The molecule has 0 amide bonds. The van der Waals surface area contributed by atoms with Gasteiger partial charge in [-0.3, -0.25) is 0 Å². The van der Waals surface area contributed by atoms with E-state index in [2.05, 4.69) is 4.98 Å². The topological polar surface area (TPSA) is 62.6 Å². The van der Waals surface area contributed by atoms with Crippen LogP contribution in [0.5, 0.6) is 5.88 Å². The maximum absolute atomic E-state index is 9.08. The number of ether oxygens (including phenoxy) is 1. The van der Waals surface area contributed by atoms with Crippen molar-refractivity contribution in [3.05, 3.63) is 17.8 Å². The molecule has 14 heavy (non-hydrogen) atoms. The van der Waals surface area contributed by atoms with Crippen molar-refractivity contribution < 1.29 is 14.8 Å². The quantitative estimate of drug-likeness (QED) is 0.660. The molecule has 76 valence electrons. The summed E-state index contributed by atoms with van der Waals surface area (Å²) in [7, 11) is -0.0976. The Balaban J connectivity index is 3.14. The van der Waals surface area contributed by atoms with Gasteiger partial charge in [-0.15, -0.1) is 0 Å². The molecule has 0 aromatic carbocycles. The summed E-state index contributed by atoms with van der Waals surface area (Å²) in [6, 6.07) is 1.70. The fourth-order valence-electron chi connectivity index (χ4n) is 1.16. The minimum Gasteiger partial charge on any atom is -0.481 e. The SMILES string of the molecule is COc1ncc(C(C)C)cc1B(O)O. The van der Waals surface area contributed by atoms with Crippen LogP contribution in [0.4, 0.5) is 0 Å². The summed E-state index contributed by atoms with van der Waals surface area (Å²) >= 11 is 0. The Labute approximate surface area is 83.7 Å². The van der Waals surface area contributed by atoms with Crippen LogP contribution in [-0.4, -0.2) is 29.3 Å². The van der Waals surface area contributed by atoms with E-state index in [1.807, 2.05) is 13.8 Å². The third-order valence-electron chi connectivity index (χ3n) is 2.04. The predicted molar refractivity (Wildman–Crippen MR) is 54.7 cm³/mol. The number of methoxy groups -OCH3 is 1. The van der Waals surface area contributed by atoms with Crippen molar-refractivity contribution in [1.29, 1.82) is 0 Å². The zero-order valence-corrected chi connectivity index (χ0v) is 8.56. The molecule has 0 fully saturated rings. The van der Waals surface area contributed by atoms with Gasteiger partial charge in [-0.25, -0.2) is 4.98 Å². The zero-order valence-electron chi connectivity index (χ0n) is 8.56. The summed E-state index contributed by atoms with van der Waals surface area (Å²) in [5, 5.41) is 18.2. The van der Waals surface area contributed by atoms with Gasteiger partial charge in [0.1, 0.15) is 0 Å². The third kappa shape index (κ3) is 2.24. The average Bonchev–Trinajstić information content (AvgIpc) is 2.16. The molecule has 0 saturated heterocycles. The smallest absolute Gasteiger partial charge is 0.481 e. The van der Waals surface area contributed by atoms with Crippen molar-refractivity contribution in [2.75, 3.05) is 7.11 Å². The molecular formula is C9H14BNO3.